The summed E-state index contributed by atoms with van der Waals surface area (Å²) in [4.78, 5) is 28.8. The first-order valence-electron chi connectivity index (χ1n) is 9.04. The number of carbonyl (C=O) groups excluding carboxylic acids is 1. The van der Waals surface area contributed by atoms with Crippen molar-refractivity contribution in [2.24, 2.45) is 0 Å². The molecule has 0 bridgehead atoms. The van der Waals surface area contributed by atoms with Crippen LogP contribution < -0.4 is 14.5 Å². The number of rotatable bonds is 5. The van der Waals surface area contributed by atoms with Crippen molar-refractivity contribution < 1.29 is 23.8 Å². The number of piperazine rings is 1. The second kappa shape index (κ2) is 7.96. The average Bonchev–Trinajstić information content (AvgIpc) is 2.66. The first-order chi connectivity index (χ1) is 13.0. The van der Waals surface area contributed by atoms with Crippen LogP contribution in [0.2, 0.25) is 0 Å². The zero-order chi connectivity index (χ0) is 19.6. The summed E-state index contributed by atoms with van der Waals surface area (Å²) in [5.41, 5.74) is 1.14. The Balaban J connectivity index is 2.10. The Labute approximate surface area is 157 Å². The van der Waals surface area contributed by atoms with Crippen LogP contribution in [0.4, 0.5) is 15.8 Å². The monoisotopic (exact) mass is 377 g/mol. The van der Waals surface area contributed by atoms with Gasteiger partial charge < -0.3 is 24.5 Å². The molecule has 1 saturated heterocycles. The van der Waals surface area contributed by atoms with Crippen molar-refractivity contribution in [2.45, 2.75) is 13.3 Å². The molecule has 8 heteroatoms. The third-order valence-corrected chi connectivity index (χ3v) is 4.99. The van der Waals surface area contributed by atoms with E-state index in [0.717, 1.165) is 13.1 Å². The van der Waals surface area contributed by atoms with Crippen LogP contribution in [0.15, 0.2) is 17.8 Å². The molecule has 0 aliphatic carbocycles. The van der Waals surface area contributed by atoms with Gasteiger partial charge in [0.25, 0.3) is 0 Å². The van der Waals surface area contributed by atoms with Crippen molar-refractivity contribution in [1.29, 1.82) is 0 Å². The van der Waals surface area contributed by atoms with Gasteiger partial charge in [0, 0.05) is 37.9 Å². The van der Waals surface area contributed by atoms with Crippen molar-refractivity contribution in [3.8, 4) is 5.75 Å². The van der Waals surface area contributed by atoms with Gasteiger partial charge in [0.1, 0.15) is 12.3 Å². The number of hydrogen-bond acceptors (Lipinski definition) is 6. The van der Waals surface area contributed by atoms with E-state index in [9.17, 15) is 19.1 Å². The number of halogens is 1. The lowest BCUT2D eigenvalue weighted by Crippen LogP contribution is -2.45. The van der Waals surface area contributed by atoms with Crippen LogP contribution in [0.5, 0.6) is 5.75 Å². The lowest BCUT2D eigenvalue weighted by molar-refractivity contribution is -0.132. The molecule has 2 aliphatic heterocycles. The van der Waals surface area contributed by atoms with Crippen molar-refractivity contribution in [3.05, 3.63) is 29.2 Å². The SMILES string of the molecule is CC/C(=C\N1CCOc2c1c(C=O)cc(F)c2N1CCN(C)CC1)C(=O)O. The summed E-state index contributed by atoms with van der Waals surface area (Å²) in [7, 11) is 2.01. The number of likely N-dealkylation sites (N-methyl/N-ethyl adjacent to an activating group) is 1. The summed E-state index contributed by atoms with van der Waals surface area (Å²) in [6.45, 7) is 5.31. The van der Waals surface area contributed by atoms with Crippen LogP contribution in [0, 0.1) is 5.82 Å². The zero-order valence-electron chi connectivity index (χ0n) is 15.6. The molecule has 146 valence electrons. The molecule has 27 heavy (non-hydrogen) atoms. The first-order valence-corrected chi connectivity index (χ1v) is 9.04. The van der Waals surface area contributed by atoms with Crippen molar-refractivity contribution >= 4 is 23.6 Å². The molecule has 0 saturated carbocycles. The Kier molecular flexibility index (Phi) is 5.65. The standard InChI is InChI=1S/C19H24FN3O4/c1-3-13(19(25)26)11-23-8-9-27-18-16(23)14(12-24)10-15(20)17(18)22-6-4-21(2)5-7-22/h10-12H,3-9H2,1-2H3,(H,25,26)/b13-11+. The van der Waals surface area contributed by atoms with Gasteiger partial charge in [-0.25, -0.2) is 9.18 Å². The quantitative estimate of drug-likeness (QED) is 0.621. The van der Waals surface area contributed by atoms with Gasteiger partial charge in [-0.2, -0.15) is 0 Å². The number of benzene rings is 1. The molecule has 0 amide bonds. The topological polar surface area (TPSA) is 73.3 Å². The van der Waals surface area contributed by atoms with Gasteiger partial charge in [0.15, 0.2) is 17.9 Å². The number of aliphatic carboxylic acids is 1. The maximum absolute atomic E-state index is 14.9. The highest BCUT2D eigenvalue weighted by atomic mass is 19.1. The van der Waals surface area contributed by atoms with Gasteiger partial charge in [-0.3, -0.25) is 4.79 Å². The number of fused-ring (bicyclic) bond motifs is 1. The lowest BCUT2D eigenvalue weighted by Gasteiger charge is -2.38. The van der Waals surface area contributed by atoms with Gasteiger partial charge in [-0.05, 0) is 19.5 Å². The van der Waals surface area contributed by atoms with E-state index in [2.05, 4.69) is 4.90 Å². The molecule has 1 N–H and O–H groups in total. The number of aldehydes is 1. The summed E-state index contributed by atoms with van der Waals surface area (Å²) in [5, 5.41) is 9.34. The van der Waals surface area contributed by atoms with Gasteiger partial charge in [-0.1, -0.05) is 6.92 Å². The number of carbonyl (C=O) groups is 2. The second-order valence-corrected chi connectivity index (χ2v) is 6.74. The van der Waals surface area contributed by atoms with Gasteiger partial charge in [-0.15, -0.1) is 0 Å². The molecule has 2 heterocycles. The van der Waals surface area contributed by atoms with E-state index in [0.29, 0.717) is 49.5 Å². The number of ether oxygens (including phenoxy) is 1. The maximum Gasteiger partial charge on any atom is 0.333 e. The molecule has 0 aromatic heterocycles. The van der Waals surface area contributed by atoms with Crippen molar-refractivity contribution in [2.75, 3.05) is 56.2 Å². The normalized spacial score (nSPS) is 18.1. The highest BCUT2D eigenvalue weighted by Crippen LogP contribution is 2.45. The minimum Gasteiger partial charge on any atom is -0.487 e. The minimum atomic E-state index is -1.01. The number of anilines is 2. The molecule has 1 aromatic carbocycles. The Morgan fingerprint density at radius 2 is 1.96 bits per heavy atom. The second-order valence-electron chi connectivity index (χ2n) is 6.74. The van der Waals surface area contributed by atoms with Crippen molar-refractivity contribution in [3.63, 3.8) is 0 Å². The summed E-state index contributed by atoms with van der Waals surface area (Å²) in [6.07, 6.45) is 2.44. The largest absolute Gasteiger partial charge is 0.487 e. The molecule has 0 unspecified atom stereocenters. The molecular weight excluding hydrogens is 353 g/mol. The molecular formula is C19H24FN3O4. The van der Waals surface area contributed by atoms with Crippen LogP contribution in [0.3, 0.4) is 0 Å². The smallest absolute Gasteiger partial charge is 0.333 e. The first kappa shape index (κ1) is 19.2. The summed E-state index contributed by atoms with van der Waals surface area (Å²) in [5.74, 6) is -1.20. The number of hydrogen-bond donors (Lipinski definition) is 1. The van der Waals surface area contributed by atoms with Gasteiger partial charge in [0.2, 0.25) is 0 Å². The van der Waals surface area contributed by atoms with E-state index in [1.54, 1.807) is 11.8 Å². The highest BCUT2D eigenvalue weighted by molar-refractivity contribution is 5.93. The third-order valence-electron chi connectivity index (χ3n) is 4.99. The van der Waals surface area contributed by atoms with Gasteiger partial charge in [0.05, 0.1) is 17.8 Å². The fourth-order valence-electron chi connectivity index (χ4n) is 3.45. The molecule has 3 rings (SSSR count). The predicted octanol–water partition coefficient (Wildman–Crippen LogP) is 1.97. The fraction of sp³-hybridized carbons (Fsp3) is 0.474. The zero-order valence-corrected chi connectivity index (χ0v) is 15.6. The van der Waals surface area contributed by atoms with E-state index in [4.69, 9.17) is 4.74 Å². The molecule has 2 aliphatic rings. The van der Waals surface area contributed by atoms with E-state index in [-0.39, 0.29) is 17.7 Å². The average molecular weight is 377 g/mol. The molecule has 1 aromatic rings. The highest BCUT2D eigenvalue weighted by Gasteiger charge is 2.30. The van der Waals surface area contributed by atoms with Crippen LogP contribution >= 0.6 is 0 Å². The van der Waals surface area contributed by atoms with Crippen LogP contribution in [0.1, 0.15) is 23.7 Å². The summed E-state index contributed by atoms with van der Waals surface area (Å²) >= 11 is 0. The Morgan fingerprint density at radius 3 is 2.56 bits per heavy atom. The predicted molar refractivity (Wildman–Crippen MR) is 100 cm³/mol. The lowest BCUT2D eigenvalue weighted by atomic mass is 10.1. The van der Waals surface area contributed by atoms with Crippen LogP contribution in [0.25, 0.3) is 0 Å². The Bertz CT molecular complexity index is 773. The summed E-state index contributed by atoms with van der Waals surface area (Å²) < 4.78 is 20.7. The van der Waals surface area contributed by atoms with E-state index < -0.39 is 11.8 Å². The maximum atomic E-state index is 14.9. The van der Waals surface area contributed by atoms with Gasteiger partial charge >= 0.3 is 5.97 Å². The number of carboxylic acids is 1. The van der Waals surface area contributed by atoms with Crippen LogP contribution in [-0.2, 0) is 4.79 Å². The van der Waals surface area contributed by atoms with E-state index in [1.807, 2.05) is 11.9 Å². The summed E-state index contributed by atoms with van der Waals surface area (Å²) in [6, 6.07) is 1.21. The molecule has 7 nitrogen and oxygen atoms in total. The number of nitrogens with zero attached hydrogens (tertiary/aromatic N) is 3. The molecule has 0 radical (unpaired) electrons. The molecule has 1 fully saturated rings. The Hall–Kier alpha value is -2.61. The molecule has 0 atom stereocenters. The van der Waals surface area contributed by atoms with Crippen LogP contribution in [-0.4, -0.2) is 68.6 Å². The fourth-order valence-corrected chi connectivity index (χ4v) is 3.45. The third kappa shape index (κ3) is 3.75. The van der Waals surface area contributed by atoms with Crippen molar-refractivity contribution in [1.82, 2.24) is 4.90 Å². The Morgan fingerprint density at radius 1 is 1.26 bits per heavy atom. The van der Waals surface area contributed by atoms with E-state index >= 15 is 0 Å². The van der Waals surface area contributed by atoms with E-state index in [1.165, 1.54) is 12.3 Å². The minimum absolute atomic E-state index is 0.150. The number of carboxylic acid groups (broad SMARTS) is 1. The molecule has 0 spiro atoms.